The summed E-state index contributed by atoms with van der Waals surface area (Å²) in [5, 5.41) is 9.79. The maximum Gasteiger partial charge on any atom is 0.343 e. The number of allylic oxidation sites excluding steroid dienone is 3. The molecule has 1 unspecified atom stereocenters. The third kappa shape index (κ3) is 7.13. The van der Waals surface area contributed by atoms with Crippen molar-refractivity contribution < 1.29 is 23.9 Å². The van der Waals surface area contributed by atoms with Gasteiger partial charge in [-0.3, -0.25) is 15.0 Å². The third-order valence-electron chi connectivity index (χ3n) is 4.05. The summed E-state index contributed by atoms with van der Waals surface area (Å²) in [6.07, 6.45) is 5.79. The molecule has 1 aliphatic rings. The standard InChI is InChI=1S/C20H24N4O5/c1-24(2)17(25)12-28-18(26)11-13-3-9-16(10-4-13)29-19(27)14-5-7-15(8-6-14)23-20(21)22/h3,5-10,13H,4,11-12H2,1-2H3,(H4,21,22,23). The normalized spacial score (nSPS) is 15.1. The molecule has 1 aromatic carbocycles. The van der Waals surface area contributed by atoms with Crippen molar-refractivity contribution in [3.8, 4) is 0 Å². The predicted molar refractivity (Wildman–Crippen MR) is 107 cm³/mol. The maximum atomic E-state index is 12.2. The van der Waals surface area contributed by atoms with Crippen LogP contribution in [0.25, 0.3) is 0 Å². The molecule has 29 heavy (non-hydrogen) atoms. The number of hydrogen-bond donors (Lipinski definition) is 3. The minimum Gasteiger partial charge on any atom is -0.456 e. The number of nitrogens with two attached hydrogens (primary N) is 1. The van der Waals surface area contributed by atoms with E-state index in [4.69, 9.17) is 20.6 Å². The van der Waals surface area contributed by atoms with Crippen LogP contribution in [0.15, 0.2) is 48.3 Å². The van der Waals surface area contributed by atoms with Crippen molar-refractivity contribution in [2.45, 2.75) is 12.8 Å². The Labute approximate surface area is 168 Å². The monoisotopic (exact) mass is 400 g/mol. The van der Waals surface area contributed by atoms with Crippen LogP contribution >= 0.6 is 0 Å². The number of amides is 1. The van der Waals surface area contributed by atoms with Gasteiger partial charge < -0.3 is 25.4 Å². The van der Waals surface area contributed by atoms with Gasteiger partial charge >= 0.3 is 11.9 Å². The molecule has 1 atom stereocenters. The minimum absolute atomic E-state index is 0.0867. The molecule has 0 aliphatic heterocycles. The van der Waals surface area contributed by atoms with Crippen molar-refractivity contribution in [2.24, 2.45) is 11.7 Å². The van der Waals surface area contributed by atoms with Gasteiger partial charge in [0.1, 0.15) is 5.76 Å². The Morgan fingerprint density at radius 3 is 2.48 bits per heavy atom. The lowest BCUT2D eigenvalue weighted by Gasteiger charge is -2.16. The highest BCUT2D eigenvalue weighted by Crippen LogP contribution is 2.22. The highest BCUT2D eigenvalue weighted by atomic mass is 16.5. The lowest BCUT2D eigenvalue weighted by atomic mass is 9.97. The van der Waals surface area contributed by atoms with Crippen LogP contribution in [0.4, 0.5) is 5.69 Å². The molecule has 1 amide bonds. The van der Waals surface area contributed by atoms with Crippen LogP contribution < -0.4 is 11.1 Å². The maximum absolute atomic E-state index is 12.2. The van der Waals surface area contributed by atoms with Gasteiger partial charge in [0, 0.05) is 19.8 Å². The molecule has 154 valence electrons. The number of anilines is 1. The number of carbonyl (C=O) groups is 3. The van der Waals surface area contributed by atoms with Gasteiger partial charge in [-0.15, -0.1) is 0 Å². The number of carbonyl (C=O) groups excluding carboxylic acids is 3. The zero-order chi connectivity index (χ0) is 21.4. The molecule has 9 nitrogen and oxygen atoms in total. The van der Waals surface area contributed by atoms with E-state index in [0.29, 0.717) is 23.4 Å². The molecule has 1 aliphatic carbocycles. The zero-order valence-corrected chi connectivity index (χ0v) is 16.3. The Bertz CT molecular complexity index is 843. The van der Waals surface area contributed by atoms with Crippen LogP contribution in [-0.2, 0) is 19.1 Å². The van der Waals surface area contributed by atoms with E-state index in [2.05, 4.69) is 5.32 Å². The number of likely N-dealkylation sites (N-methyl/N-ethyl adjacent to an activating group) is 1. The molecule has 0 bridgehead atoms. The lowest BCUT2D eigenvalue weighted by Crippen LogP contribution is -2.28. The van der Waals surface area contributed by atoms with Gasteiger partial charge in [0.05, 0.1) is 12.0 Å². The molecule has 0 saturated carbocycles. The Hall–Kier alpha value is -3.62. The van der Waals surface area contributed by atoms with Crippen LogP contribution in [0.3, 0.4) is 0 Å². The van der Waals surface area contributed by atoms with Crippen LogP contribution in [-0.4, -0.2) is 49.4 Å². The molecule has 0 aromatic heterocycles. The van der Waals surface area contributed by atoms with Crippen LogP contribution in [0.5, 0.6) is 0 Å². The van der Waals surface area contributed by atoms with Crippen molar-refractivity contribution in [2.75, 3.05) is 26.0 Å². The number of guanidine groups is 1. The number of hydrogen-bond acceptors (Lipinski definition) is 6. The van der Waals surface area contributed by atoms with Gasteiger partial charge in [-0.2, -0.15) is 0 Å². The Morgan fingerprint density at radius 2 is 1.93 bits per heavy atom. The van der Waals surface area contributed by atoms with Gasteiger partial charge in [-0.25, -0.2) is 4.79 Å². The molecule has 0 fully saturated rings. The largest absolute Gasteiger partial charge is 0.456 e. The average molecular weight is 400 g/mol. The average Bonchev–Trinajstić information content (AvgIpc) is 2.67. The van der Waals surface area contributed by atoms with E-state index in [-0.39, 0.29) is 30.8 Å². The number of ether oxygens (including phenoxy) is 2. The van der Waals surface area contributed by atoms with Crippen molar-refractivity contribution in [1.82, 2.24) is 4.90 Å². The van der Waals surface area contributed by atoms with Gasteiger partial charge in [0.2, 0.25) is 0 Å². The molecule has 0 heterocycles. The van der Waals surface area contributed by atoms with Crippen molar-refractivity contribution in [3.05, 3.63) is 53.8 Å². The zero-order valence-electron chi connectivity index (χ0n) is 16.3. The summed E-state index contributed by atoms with van der Waals surface area (Å²) in [5.74, 6) is -1.14. The van der Waals surface area contributed by atoms with E-state index < -0.39 is 11.9 Å². The number of nitrogens with one attached hydrogen (secondary N) is 2. The first kappa shape index (κ1) is 21.7. The predicted octanol–water partition coefficient (Wildman–Crippen LogP) is 1.63. The highest BCUT2D eigenvalue weighted by Gasteiger charge is 2.18. The second kappa shape index (κ2) is 10.1. The topological polar surface area (TPSA) is 135 Å². The Balaban J connectivity index is 1.80. The summed E-state index contributed by atoms with van der Waals surface area (Å²) in [7, 11) is 3.18. The van der Waals surface area contributed by atoms with E-state index in [1.54, 1.807) is 56.6 Å². The second-order valence-corrected chi connectivity index (χ2v) is 6.62. The second-order valence-electron chi connectivity index (χ2n) is 6.62. The number of rotatable bonds is 7. The molecule has 0 spiro atoms. The fourth-order valence-corrected chi connectivity index (χ4v) is 2.43. The quantitative estimate of drug-likeness (QED) is 0.360. The van der Waals surface area contributed by atoms with Gasteiger partial charge in [-0.05, 0) is 48.8 Å². The number of esters is 2. The minimum atomic E-state index is -0.518. The molecule has 1 aromatic rings. The number of nitrogens with zero attached hydrogens (tertiary/aromatic N) is 1. The van der Waals surface area contributed by atoms with Gasteiger partial charge in [-0.1, -0.05) is 6.08 Å². The fourth-order valence-electron chi connectivity index (χ4n) is 2.43. The van der Waals surface area contributed by atoms with Crippen LogP contribution in [0.1, 0.15) is 23.2 Å². The van der Waals surface area contributed by atoms with E-state index in [9.17, 15) is 14.4 Å². The Kier molecular flexibility index (Phi) is 7.53. The van der Waals surface area contributed by atoms with Crippen molar-refractivity contribution in [3.63, 3.8) is 0 Å². The molecule has 4 N–H and O–H groups in total. The Morgan fingerprint density at radius 1 is 1.24 bits per heavy atom. The summed E-state index contributed by atoms with van der Waals surface area (Å²) in [5.41, 5.74) is 6.19. The first-order chi connectivity index (χ1) is 13.7. The van der Waals surface area contributed by atoms with Crippen molar-refractivity contribution in [1.29, 1.82) is 5.41 Å². The molecule has 9 heteroatoms. The summed E-state index contributed by atoms with van der Waals surface area (Å²) < 4.78 is 10.3. The summed E-state index contributed by atoms with van der Waals surface area (Å²) in [6.45, 7) is -0.276. The summed E-state index contributed by atoms with van der Waals surface area (Å²) in [4.78, 5) is 36.8. The van der Waals surface area contributed by atoms with Crippen molar-refractivity contribution >= 4 is 29.5 Å². The van der Waals surface area contributed by atoms with Crippen LogP contribution in [0, 0.1) is 11.3 Å². The molecular formula is C20H24N4O5. The van der Waals surface area contributed by atoms with E-state index in [1.165, 1.54) is 4.90 Å². The SMILES string of the molecule is CN(C)C(=O)COC(=O)CC1C=CC(OC(=O)c2ccc(NC(=N)N)cc2)=CC1. The molecule has 0 saturated heterocycles. The first-order valence-corrected chi connectivity index (χ1v) is 8.92. The van der Waals surface area contributed by atoms with Crippen LogP contribution in [0.2, 0.25) is 0 Å². The van der Waals surface area contributed by atoms with E-state index in [1.807, 2.05) is 0 Å². The fraction of sp³-hybridized carbons (Fsp3) is 0.300. The molecular weight excluding hydrogens is 376 g/mol. The molecule has 0 radical (unpaired) electrons. The highest BCUT2D eigenvalue weighted by molar-refractivity contribution is 5.93. The first-order valence-electron chi connectivity index (χ1n) is 8.92. The van der Waals surface area contributed by atoms with E-state index >= 15 is 0 Å². The third-order valence-corrected chi connectivity index (χ3v) is 4.05. The lowest BCUT2D eigenvalue weighted by molar-refractivity contribution is -0.151. The van der Waals surface area contributed by atoms with Gasteiger partial charge in [0.25, 0.3) is 5.91 Å². The number of benzene rings is 1. The summed E-state index contributed by atoms with van der Waals surface area (Å²) >= 11 is 0. The van der Waals surface area contributed by atoms with E-state index in [0.717, 1.165) is 0 Å². The summed E-state index contributed by atoms with van der Waals surface area (Å²) in [6, 6.07) is 6.36. The smallest absolute Gasteiger partial charge is 0.343 e. The van der Waals surface area contributed by atoms with Gasteiger partial charge in [0.15, 0.2) is 12.6 Å². The molecule has 2 rings (SSSR count).